The Bertz CT molecular complexity index is 702. The van der Waals surface area contributed by atoms with Crippen LogP contribution in [0.1, 0.15) is 24.2 Å². The molecule has 6 nitrogen and oxygen atoms in total. The van der Waals surface area contributed by atoms with Crippen molar-refractivity contribution < 1.29 is 4.39 Å². The Kier molecular flexibility index (Phi) is 2.55. The minimum atomic E-state index is -0.904. The summed E-state index contributed by atoms with van der Waals surface area (Å²) in [5, 5.41) is 0. The lowest BCUT2D eigenvalue weighted by Crippen LogP contribution is -2.25. The summed E-state index contributed by atoms with van der Waals surface area (Å²) in [6, 6.07) is -0.513. The number of aromatic amines is 1. The lowest BCUT2D eigenvalue weighted by molar-refractivity contribution is 0.583. The topological polar surface area (TPSA) is 93.2 Å². The van der Waals surface area contributed by atoms with Gasteiger partial charge in [-0.1, -0.05) is 0 Å². The third-order valence-electron chi connectivity index (χ3n) is 2.55. The molecule has 0 saturated heterocycles. The van der Waals surface area contributed by atoms with Crippen LogP contribution in [-0.2, 0) is 0 Å². The van der Waals surface area contributed by atoms with Crippen LogP contribution in [0.4, 0.5) is 4.39 Å². The van der Waals surface area contributed by atoms with Crippen LogP contribution < -0.4 is 16.9 Å². The van der Waals surface area contributed by atoms with Gasteiger partial charge in [0.25, 0.3) is 11.1 Å². The van der Waals surface area contributed by atoms with Crippen LogP contribution in [0, 0.1) is 12.7 Å². The van der Waals surface area contributed by atoms with E-state index in [1.54, 1.807) is 6.92 Å². The molecule has 0 spiro atoms. The van der Waals surface area contributed by atoms with Crippen molar-refractivity contribution in [2.24, 2.45) is 5.73 Å². The van der Waals surface area contributed by atoms with Crippen molar-refractivity contribution >= 4 is 5.78 Å². The van der Waals surface area contributed by atoms with Crippen LogP contribution in [0.15, 0.2) is 15.8 Å². The molecule has 0 bridgehead atoms. The van der Waals surface area contributed by atoms with Crippen molar-refractivity contribution in [1.29, 1.82) is 0 Å². The van der Waals surface area contributed by atoms with Crippen molar-refractivity contribution in [2.75, 3.05) is 0 Å². The summed E-state index contributed by atoms with van der Waals surface area (Å²) < 4.78 is 14.7. The lowest BCUT2D eigenvalue weighted by Gasteiger charge is -2.09. The van der Waals surface area contributed by atoms with Gasteiger partial charge in [0.2, 0.25) is 11.6 Å². The van der Waals surface area contributed by atoms with Gasteiger partial charge in [0.15, 0.2) is 0 Å². The molecule has 0 aromatic carbocycles. The number of nitrogens with two attached hydrogens (primary N) is 1. The van der Waals surface area contributed by atoms with E-state index in [1.807, 2.05) is 0 Å². The molecule has 0 aliphatic heterocycles. The molecule has 1 unspecified atom stereocenters. The van der Waals surface area contributed by atoms with E-state index >= 15 is 0 Å². The Morgan fingerprint density at radius 2 is 2.18 bits per heavy atom. The largest absolute Gasteiger partial charge is 0.324 e. The van der Waals surface area contributed by atoms with Gasteiger partial charge in [-0.25, -0.2) is 0 Å². The third kappa shape index (κ3) is 1.74. The van der Waals surface area contributed by atoms with Gasteiger partial charge in [-0.3, -0.25) is 19.0 Å². The molecule has 0 aliphatic rings. The second-order valence-electron chi connectivity index (χ2n) is 3.84. The fourth-order valence-corrected chi connectivity index (χ4v) is 1.55. The predicted molar refractivity (Wildman–Crippen MR) is 59.4 cm³/mol. The number of hydrogen-bond acceptors (Lipinski definition) is 4. The minimum absolute atomic E-state index is 0.00306. The van der Waals surface area contributed by atoms with E-state index in [1.165, 1.54) is 17.5 Å². The fraction of sp³-hybridized carbons (Fsp3) is 0.300. The zero-order valence-corrected chi connectivity index (χ0v) is 9.32. The second-order valence-corrected chi connectivity index (χ2v) is 3.84. The van der Waals surface area contributed by atoms with Gasteiger partial charge in [0.1, 0.15) is 0 Å². The summed E-state index contributed by atoms with van der Waals surface area (Å²) in [5.41, 5.74) is 4.52. The Morgan fingerprint density at radius 3 is 2.76 bits per heavy atom. The average molecular weight is 238 g/mol. The zero-order valence-electron chi connectivity index (χ0n) is 9.32. The third-order valence-corrected chi connectivity index (χ3v) is 2.55. The molecule has 17 heavy (non-hydrogen) atoms. The van der Waals surface area contributed by atoms with Crippen LogP contribution in [0.2, 0.25) is 0 Å². The maximum Gasteiger partial charge on any atom is 0.288 e. The summed E-state index contributed by atoms with van der Waals surface area (Å²) >= 11 is 0. The zero-order chi connectivity index (χ0) is 12.7. The summed E-state index contributed by atoms with van der Waals surface area (Å²) in [6.07, 6.45) is 1.39. The molecule has 0 saturated carbocycles. The Hall–Kier alpha value is -2.02. The van der Waals surface area contributed by atoms with E-state index < -0.39 is 23.0 Å². The number of aryl methyl sites for hydroxylation is 1. The molecule has 2 rings (SSSR count). The predicted octanol–water partition coefficient (Wildman–Crippen LogP) is -0.150. The first-order valence-corrected chi connectivity index (χ1v) is 4.99. The average Bonchev–Trinajstić information content (AvgIpc) is 2.25. The van der Waals surface area contributed by atoms with Gasteiger partial charge in [0, 0.05) is 12.2 Å². The SMILES string of the molecule is Cc1c(F)c(=O)[nH]c2nc(=O)c(C(C)N)cn12. The summed E-state index contributed by atoms with van der Waals surface area (Å²) in [4.78, 5) is 28.6. The number of nitrogens with zero attached hydrogens (tertiary/aromatic N) is 2. The molecule has 2 aromatic rings. The first-order valence-electron chi connectivity index (χ1n) is 4.99. The van der Waals surface area contributed by atoms with Gasteiger partial charge in [0.05, 0.1) is 11.3 Å². The molecule has 0 radical (unpaired) electrons. The van der Waals surface area contributed by atoms with Gasteiger partial charge >= 0.3 is 0 Å². The molecular formula is C10H11FN4O2. The highest BCUT2D eigenvalue weighted by Gasteiger charge is 2.12. The first-order chi connectivity index (χ1) is 7.91. The number of hydrogen-bond donors (Lipinski definition) is 2. The van der Waals surface area contributed by atoms with E-state index in [9.17, 15) is 14.0 Å². The molecule has 1 atom stereocenters. The molecular weight excluding hydrogens is 227 g/mol. The van der Waals surface area contributed by atoms with Crippen molar-refractivity contribution in [2.45, 2.75) is 19.9 Å². The van der Waals surface area contributed by atoms with Gasteiger partial charge in [-0.2, -0.15) is 9.37 Å². The van der Waals surface area contributed by atoms with Crippen molar-refractivity contribution in [3.05, 3.63) is 44.0 Å². The number of fused-ring (bicyclic) bond motifs is 1. The number of halogens is 1. The Morgan fingerprint density at radius 1 is 1.53 bits per heavy atom. The quantitative estimate of drug-likeness (QED) is 0.722. The highest BCUT2D eigenvalue weighted by atomic mass is 19.1. The molecule has 7 heteroatoms. The summed E-state index contributed by atoms with van der Waals surface area (Å²) in [6.45, 7) is 3.05. The van der Waals surface area contributed by atoms with E-state index in [4.69, 9.17) is 5.73 Å². The van der Waals surface area contributed by atoms with Crippen LogP contribution >= 0.6 is 0 Å². The Balaban J connectivity index is 2.95. The standard InChI is InChI=1S/C10H11FN4O2/c1-4(12)6-3-15-5(2)7(11)9(17)14-10(15)13-8(6)16/h3-4H,12H2,1-2H3,(H,13,14,16,17). The molecule has 0 amide bonds. The van der Waals surface area contributed by atoms with Crippen molar-refractivity contribution in [3.63, 3.8) is 0 Å². The van der Waals surface area contributed by atoms with Crippen molar-refractivity contribution in [1.82, 2.24) is 14.4 Å². The highest BCUT2D eigenvalue weighted by Crippen LogP contribution is 2.06. The van der Waals surface area contributed by atoms with Crippen molar-refractivity contribution in [3.8, 4) is 0 Å². The maximum atomic E-state index is 13.4. The number of H-pyrrole nitrogens is 1. The number of rotatable bonds is 1. The molecule has 2 aromatic heterocycles. The van der Waals surface area contributed by atoms with Gasteiger partial charge < -0.3 is 5.73 Å². The fourth-order valence-electron chi connectivity index (χ4n) is 1.55. The summed E-state index contributed by atoms with van der Waals surface area (Å²) in [7, 11) is 0. The highest BCUT2D eigenvalue weighted by molar-refractivity contribution is 5.32. The minimum Gasteiger partial charge on any atom is -0.324 e. The van der Waals surface area contributed by atoms with E-state index in [2.05, 4.69) is 9.97 Å². The van der Waals surface area contributed by atoms with Crippen LogP contribution in [0.3, 0.4) is 0 Å². The molecule has 2 heterocycles. The monoisotopic (exact) mass is 238 g/mol. The number of nitrogens with one attached hydrogen (secondary N) is 1. The van der Waals surface area contributed by atoms with Gasteiger partial charge in [-0.05, 0) is 13.8 Å². The van der Waals surface area contributed by atoms with E-state index in [0.29, 0.717) is 0 Å². The molecule has 0 aliphatic carbocycles. The van der Waals surface area contributed by atoms with E-state index in [0.717, 1.165) is 0 Å². The number of aromatic nitrogens is 3. The maximum absolute atomic E-state index is 13.4. The Labute approximate surface area is 94.9 Å². The van der Waals surface area contributed by atoms with Gasteiger partial charge in [-0.15, -0.1) is 0 Å². The van der Waals surface area contributed by atoms with E-state index in [-0.39, 0.29) is 17.0 Å². The van der Waals surface area contributed by atoms with Crippen LogP contribution in [0.5, 0.6) is 0 Å². The molecule has 90 valence electrons. The first kappa shape index (κ1) is 11.5. The molecule has 3 N–H and O–H groups in total. The summed E-state index contributed by atoms with van der Waals surface area (Å²) in [5.74, 6) is -0.901. The van der Waals surface area contributed by atoms with Crippen LogP contribution in [-0.4, -0.2) is 14.4 Å². The molecule has 0 fully saturated rings. The smallest absolute Gasteiger partial charge is 0.288 e. The lowest BCUT2D eigenvalue weighted by atomic mass is 10.2. The second kappa shape index (κ2) is 3.77. The van der Waals surface area contributed by atoms with Crippen LogP contribution in [0.25, 0.3) is 5.78 Å². The normalized spacial score (nSPS) is 12.9.